The predicted molar refractivity (Wildman–Crippen MR) is 131 cm³/mol. The second kappa shape index (κ2) is 9.97. The van der Waals surface area contributed by atoms with Gasteiger partial charge in [0.2, 0.25) is 0 Å². The molecule has 4 bridgehead atoms. The van der Waals surface area contributed by atoms with Crippen LogP contribution in [0.2, 0.25) is 0 Å². The van der Waals surface area contributed by atoms with E-state index in [-0.39, 0.29) is 12.0 Å². The zero-order chi connectivity index (χ0) is 24.4. The van der Waals surface area contributed by atoms with Gasteiger partial charge < -0.3 is 14.8 Å². The molecule has 1 aromatic heterocycles. The molecule has 1 heterocycles. The first-order valence-corrected chi connectivity index (χ1v) is 13.2. The Morgan fingerprint density at radius 1 is 1.09 bits per heavy atom. The Morgan fingerprint density at radius 2 is 1.77 bits per heavy atom. The Balaban J connectivity index is 1.08. The molecule has 3 amide bonds. The van der Waals surface area contributed by atoms with Crippen molar-refractivity contribution in [3.05, 3.63) is 35.3 Å². The number of aromatic nitrogens is 1. The molecule has 0 saturated heterocycles. The van der Waals surface area contributed by atoms with Crippen LogP contribution in [0.5, 0.6) is 5.75 Å². The molecule has 4 aliphatic carbocycles. The zero-order valence-electron chi connectivity index (χ0n) is 19.9. The van der Waals surface area contributed by atoms with E-state index in [4.69, 9.17) is 9.47 Å². The lowest BCUT2D eigenvalue weighted by molar-refractivity contribution is -0.147. The summed E-state index contributed by atoms with van der Waals surface area (Å²) < 4.78 is 10.7. The van der Waals surface area contributed by atoms with Crippen molar-refractivity contribution in [2.45, 2.75) is 57.4 Å². The van der Waals surface area contributed by atoms with Crippen LogP contribution in [0.3, 0.4) is 0 Å². The summed E-state index contributed by atoms with van der Waals surface area (Å²) in [7, 11) is 0. The predicted octanol–water partition coefficient (Wildman–Crippen LogP) is 4.09. The van der Waals surface area contributed by atoms with Crippen LogP contribution < -0.4 is 15.4 Å². The maximum absolute atomic E-state index is 12.5. The van der Waals surface area contributed by atoms with Gasteiger partial charge in [0, 0.05) is 10.9 Å². The van der Waals surface area contributed by atoms with Crippen molar-refractivity contribution < 1.29 is 23.9 Å². The van der Waals surface area contributed by atoms with Crippen molar-refractivity contribution in [2.24, 2.45) is 17.8 Å². The van der Waals surface area contributed by atoms with Crippen LogP contribution in [-0.4, -0.2) is 41.6 Å². The average Bonchev–Trinajstić information content (AvgIpc) is 3.25. The molecule has 0 spiro atoms. The van der Waals surface area contributed by atoms with E-state index in [1.165, 1.54) is 30.6 Å². The number of urea groups is 1. The second-order valence-electron chi connectivity index (χ2n) is 10.1. The minimum Gasteiger partial charge on any atom is -0.493 e. The van der Waals surface area contributed by atoms with Gasteiger partial charge >= 0.3 is 12.0 Å². The molecular weight excluding hydrogens is 466 g/mol. The van der Waals surface area contributed by atoms with E-state index in [0.717, 1.165) is 35.6 Å². The van der Waals surface area contributed by atoms with Gasteiger partial charge in [-0.2, -0.15) is 0 Å². The monoisotopic (exact) mass is 497 g/mol. The molecule has 0 aliphatic heterocycles. The summed E-state index contributed by atoms with van der Waals surface area (Å²) in [5.41, 5.74) is 1.24. The minimum atomic E-state index is -0.634. The van der Waals surface area contributed by atoms with E-state index in [1.54, 1.807) is 5.38 Å². The Kier molecular flexibility index (Phi) is 6.77. The largest absolute Gasteiger partial charge is 0.493 e. The standard InChI is InChI=1S/C26H31N3O5S/c1-2-33-21-6-4-3-5-20(21)24-27-19(15-35-24)10-23(31)34-14-22(30)28-25(32)29-26-11-16-7-17(12-26)9-18(8-16)13-26/h3-6,15-18H,2,7-14H2,1H3,(H2,28,29,30,32). The zero-order valence-corrected chi connectivity index (χ0v) is 20.7. The number of thiazole rings is 1. The molecule has 0 unspecified atom stereocenters. The minimum absolute atomic E-state index is 0.0555. The maximum Gasteiger partial charge on any atom is 0.321 e. The number of carbonyl (C=O) groups is 3. The smallest absolute Gasteiger partial charge is 0.321 e. The molecule has 35 heavy (non-hydrogen) atoms. The lowest BCUT2D eigenvalue weighted by Gasteiger charge is -2.56. The van der Waals surface area contributed by atoms with Crippen molar-refractivity contribution in [2.75, 3.05) is 13.2 Å². The van der Waals surface area contributed by atoms with Crippen LogP contribution in [-0.2, 0) is 20.7 Å². The SMILES string of the molecule is CCOc1ccccc1-c1nc(CC(=O)OCC(=O)NC(=O)NC23CC4CC(CC(C4)C2)C3)cs1. The van der Waals surface area contributed by atoms with E-state index in [9.17, 15) is 14.4 Å². The normalized spacial score (nSPS) is 26.3. The fourth-order valence-corrected chi connectivity index (χ4v) is 7.33. The van der Waals surface area contributed by atoms with Crippen molar-refractivity contribution in [1.29, 1.82) is 0 Å². The summed E-state index contributed by atoms with van der Waals surface area (Å²) in [6.07, 6.45) is 6.77. The van der Waals surface area contributed by atoms with Crippen molar-refractivity contribution in [1.82, 2.24) is 15.6 Å². The summed E-state index contributed by atoms with van der Waals surface area (Å²) >= 11 is 1.41. The third kappa shape index (κ3) is 5.50. The van der Waals surface area contributed by atoms with Crippen molar-refractivity contribution in [3.63, 3.8) is 0 Å². The first-order valence-electron chi connectivity index (χ1n) is 12.4. The number of esters is 1. The van der Waals surface area contributed by atoms with Gasteiger partial charge in [0.1, 0.15) is 10.8 Å². The molecule has 0 atom stereocenters. The number of amides is 3. The molecule has 4 saturated carbocycles. The van der Waals surface area contributed by atoms with E-state index in [1.807, 2.05) is 31.2 Å². The number of para-hydroxylation sites is 1. The number of nitrogens with one attached hydrogen (secondary N) is 2. The summed E-state index contributed by atoms with van der Waals surface area (Å²) in [6.45, 7) is 1.96. The first kappa shape index (κ1) is 23.8. The van der Waals surface area contributed by atoms with Gasteiger partial charge in [-0.3, -0.25) is 14.9 Å². The molecule has 4 fully saturated rings. The lowest BCUT2D eigenvalue weighted by atomic mass is 9.53. The van der Waals surface area contributed by atoms with Gasteiger partial charge in [0.15, 0.2) is 6.61 Å². The number of rotatable bonds is 8. The van der Waals surface area contributed by atoms with Crippen molar-refractivity contribution >= 4 is 29.2 Å². The second-order valence-corrected chi connectivity index (χ2v) is 11.0. The molecule has 2 aromatic rings. The van der Waals surface area contributed by atoms with Gasteiger partial charge in [-0.05, 0) is 75.3 Å². The van der Waals surface area contributed by atoms with Crippen LogP contribution in [0, 0.1) is 17.8 Å². The van der Waals surface area contributed by atoms with E-state index in [0.29, 0.717) is 30.1 Å². The summed E-state index contributed by atoms with van der Waals surface area (Å²) in [4.78, 5) is 41.5. The van der Waals surface area contributed by atoms with Gasteiger partial charge in [-0.15, -0.1) is 11.3 Å². The average molecular weight is 498 g/mol. The Labute approximate surface area is 208 Å². The molecule has 1 aromatic carbocycles. The van der Waals surface area contributed by atoms with Gasteiger partial charge in [-0.1, -0.05) is 12.1 Å². The molecule has 2 N–H and O–H groups in total. The topological polar surface area (TPSA) is 107 Å². The highest BCUT2D eigenvalue weighted by atomic mass is 32.1. The molecule has 4 aliphatic rings. The van der Waals surface area contributed by atoms with Crippen LogP contribution in [0.25, 0.3) is 10.6 Å². The third-order valence-electron chi connectivity index (χ3n) is 7.33. The van der Waals surface area contributed by atoms with Crippen LogP contribution >= 0.6 is 11.3 Å². The van der Waals surface area contributed by atoms with Gasteiger partial charge in [0.25, 0.3) is 5.91 Å². The van der Waals surface area contributed by atoms with E-state index < -0.39 is 24.5 Å². The Morgan fingerprint density at radius 3 is 2.46 bits per heavy atom. The number of imide groups is 1. The quantitative estimate of drug-likeness (QED) is 0.532. The number of carbonyl (C=O) groups excluding carboxylic acids is 3. The molecule has 6 rings (SSSR count). The van der Waals surface area contributed by atoms with Gasteiger partial charge in [0.05, 0.1) is 24.3 Å². The molecule has 8 nitrogen and oxygen atoms in total. The summed E-state index contributed by atoms with van der Waals surface area (Å²) in [5.74, 6) is 1.61. The van der Waals surface area contributed by atoms with Crippen LogP contribution in [0.4, 0.5) is 4.79 Å². The molecule has 9 heteroatoms. The third-order valence-corrected chi connectivity index (χ3v) is 8.25. The van der Waals surface area contributed by atoms with Crippen molar-refractivity contribution in [3.8, 4) is 16.3 Å². The van der Waals surface area contributed by atoms with E-state index in [2.05, 4.69) is 15.6 Å². The fourth-order valence-electron chi connectivity index (χ4n) is 6.48. The van der Waals surface area contributed by atoms with Crippen LogP contribution in [0.1, 0.15) is 51.1 Å². The van der Waals surface area contributed by atoms with E-state index >= 15 is 0 Å². The summed E-state index contributed by atoms with van der Waals surface area (Å²) in [6, 6.07) is 7.11. The molecule has 186 valence electrons. The Bertz CT molecular complexity index is 1080. The van der Waals surface area contributed by atoms with Crippen LogP contribution in [0.15, 0.2) is 29.6 Å². The fraction of sp³-hybridized carbons (Fsp3) is 0.538. The highest BCUT2D eigenvalue weighted by Gasteiger charge is 2.51. The highest BCUT2D eigenvalue weighted by Crippen LogP contribution is 2.55. The number of hydrogen-bond acceptors (Lipinski definition) is 7. The molecule has 0 radical (unpaired) electrons. The Hall–Kier alpha value is -2.94. The highest BCUT2D eigenvalue weighted by molar-refractivity contribution is 7.13. The maximum atomic E-state index is 12.5. The number of nitrogens with zero attached hydrogens (tertiary/aromatic N) is 1. The summed E-state index contributed by atoms with van der Waals surface area (Å²) in [5, 5.41) is 7.95. The first-order chi connectivity index (χ1) is 16.9. The van der Waals surface area contributed by atoms with Gasteiger partial charge in [-0.25, -0.2) is 9.78 Å². The number of hydrogen-bond donors (Lipinski definition) is 2. The lowest BCUT2D eigenvalue weighted by Crippen LogP contribution is -2.62. The number of ether oxygens (including phenoxy) is 2. The number of benzene rings is 1. The molecular formula is C26H31N3O5S.